The van der Waals surface area contributed by atoms with E-state index in [1.54, 1.807) is 6.07 Å². The Morgan fingerprint density at radius 3 is 2.88 bits per heavy atom. The Balaban J connectivity index is 1.79. The Bertz CT molecular complexity index is 384. The molecule has 0 aromatic carbocycles. The summed E-state index contributed by atoms with van der Waals surface area (Å²) in [5.41, 5.74) is 0.416. The maximum Gasteiger partial charge on any atom is 0.256 e. The molecule has 0 unspecified atom stereocenters. The highest BCUT2D eigenvalue weighted by Crippen LogP contribution is 2.18. The molecule has 1 aliphatic heterocycles. The normalized spacial score (nSPS) is 18.2. The molecule has 94 valence electrons. The van der Waals surface area contributed by atoms with Crippen LogP contribution in [0.3, 0.4) is 0 Å². The van der Waals surface area contributed by atoms with Gasteiger partial charge in [0, 0.05) is 6.54 Å². The van der Waals surface area contributed by atoms with Crippen molar-refractivity contribution >= 4 is 17.5 Å². The van der Waals surface area contributed by atoms with Crippen LogP contribution in [0.5, 0.6) is 0 Å². The number of hydrogen-bond donors (Lipinski definition) is 1. The first-order chi connectivity index (χ1) is 8.16. The molecule has 17 heavy (non-hydrogen) atoms. The molecule has 4 nitrogen and oxygen atoms in total. The monoisotopic (exact) mass is 256 g/mol. The van der Waals surface area contributed by atoms with E-state index in [2.05, 4.69) is 17.3 Å². The molecule has 1 aliphatic rings. The molecule has 1 N–H and O–H groups in total. The van der Waals surface area contributed by atoms with Gasteiger partial charge >= 0.3 is 0 Å². The van der Waals surface area contributed by atoms with Gasteiger partial charge in [-0.15, -0.1) is 0 Å². The Labute approximate surface area is 106 Å². The van der Waals surface area contributed by atoms with E-state index in [0.717, 1.165) is 25.9 Å². The van der Waals surface area contributed by atoms with Gasteiger partial charge in [0.15, 0.2) is 0 Å². The van der Waals surface area contributed by atoms with Gasteiger partial charge in [-0.1, -0.05) is 0 Å². The lowest BCUT2D eigenvalue weighted by molar-refractivity contribution is 0.0938. The number of hydrogen-bond acceptors (Lipinski definition) is 3. The van der Waals surface area contributed by atoms with Crippen LogP contribution in [0.4, 0.5) is 0 Å². The molecule has 0 aliphatic carbocycles. The van der Waals surface area contributed by atoms with E-state index in [4.69, 9.17) is 16.0 Å². The number of piperidine rings is 1. The van der Waals surface area contributed by atoms with Gasteiger partial charge in [0.1, 0.15) is 0 Å². The molecule has 1 aromatic heterocycles. The Hall–Kier alpha value is -1.00. The second-order valence-corrected chi connectivity index (χ2v) is 4.91. The van der Waals surface area contributed by atoms with Gasteiger partial charge < -0.3 is 14.6 Å². The van der Waals surface area contributed by atoms with Crippen LogP contribution in [0.1, 0.15) is 23.2 Å². The van der Waals surface area contributed by atoms with Crippen molar-refractivity contribution in [2.75, 3.05) is 26.7 Å². The summed E-state index contributed by atoms with van der Waals surface area (Å²) in [6.07, 6.45) is 3.69. The average molecular weight is 257 g/mol. The fourth-order valence-electron chi connectivity index (χ4n) is 2.05. The molecule has 1 amide bonds. The maximum atomic E-state index is 11.8. The number of nitrogens with zero attached hydrogens (tertiary/aromatic N) is 1. The number of likely N-dealkylation sites (tertiary alicyclic amines) is 1. The molecule has 1 fully saturated rings. The van der Waals surface area contributed by atoms with Crippen LogP contribution < -0.4 is 5.32 Å². The van der Waals surface area contributed by atoms with Crippen LogP contribution in [-0.2, 0) is 0 Å². The highest BCUT2D eigenvalue weighted by molar-refractivity contribution is 6.32. The molecular weight excluding hydrogens is 240 g/mol. The van der Waals surface area contributed by atoms with E-state index in [9.17, 15) is 4.79 Å². The molecule has 2 heterocycles. The van der Waals surface area contributed by atoms with Gasteiger partial charge in [-0.2, -0.15) is 0 Å². The van der Waals surface area contributed by atoms with E-state index in [1.165, 1.54) is 6.26 Å². The second-order valence-electron chi connectivity index (χ2n) is 4.56. The van der Waals surface area contributed by atoms with Crippen LogP contribution in [-0.4, -0.2) is 37.5 Å². The van der Waals surface area contributed by atoms with Crippen LogP contribution in [0, 0.1) is 5.92 Å². The van der Waals surface area contributed by atoms with E-state index in [0.29, 0.717) is 18.0 Å². The van der Waals surface area contributed by atoms with Crippen molar-refractivity contribution in [1.29, 1.82) is 0 Å². The van der Waals surface area contributed by atoms with Crippen molar-refractivity contribution in [2.45, 2.75) is 12.8 Å². The molecule has 0 spiro atoms. The molecule has 1 aromatic rings. The van der Waals surface area contributed by atoms with E-state index < -0.39 is 0 Å². The lowest BCUT2D eigenvalue weighted by Crippen LogP contribution is -2.36. The van der Waals surface area contributed by atoms with Crippen molar-refractivity contribution in [3.8, 4) is 0 Å². The summed E-state index contributed by atoms with van der Waals surface area (Å²) in [5, 5.41) is 3.07. The summed E-state index contributed by atoms with van der Waals surface area (Å²) in [7, 11) is 2.13. The zero-order valence-electron chi connectivity index (χ0n) is 9.91. The largest absolute Gasteiger partial charge is 0.452 e. The van der Waals surface area contributed by atoms with Crippen molar-refractivity contribution in [1.82, 2.24) is 10.2 Å². The number of halogens is 1. The molecule has 1 saturated heterocycles. The van der Waals surface area contributed by atoms with E-state index >= 15 is 0 Å². The third-order valence-electron chi connectivity index (χ3n) is 3.25. The van der Waals surface area contributed by atoms with Crippen LogP contribution >= 0.6 is 11.6 Å². The van der Waals surface area contributed by atoms with E-state index in [1.807, 2.05) is 0 Å². The van der Waals surface area contributed by atoms with Crippen molar-refractivity contribution < 1.29 is 9.21 Å². The summed E-state index contributed by atoms with van der Waals surface area (Å²) < 4.78 is 4.89. The highest BCUT2D eigenvalue weighted by Gasteiger charge is 2.18. The van der Waals surface area contributed by atoms with E-state index in [-0.39, 0.29) is 11.1 Å². The minimum absolute atomic E-state index is 0.150. The number of carbonyl (C=O) groups is 1. The van der Waals surface area contributed by atoms with Gasteiger partial charge in [0.25, 0.3) is 5.91 Å². The van der Waals surface area contributed by atoms with Gasteiger partial charge in [0.2, 0.25) is 5.22 Å². The summed E-state index contributed by atoms with van der Waals surface area (Å²) in [5.74, 6) is 0.420. The zero-order valence-corrected chi connectivity index (χ0v) is 10.7. The fraction of sp³-hybridized carbons (Fsp3) is 0.583. The first-order valence-corrected chi connectivity index (χ1v) is 6.24. The van der Waals surface area contributed by atoms with Gasteiger partial charge in [-0.05, 0) is 56.6 Å². The van der Waals surface area contributed by atoms with Crippen molar-refractivity contribution in [3.63, 3.8) is 0 Å². The molecular formula is C12H17ClN2O2. The first kappa shape index (κ1) is 12.5. The topological polar surface area (TPSA) is 45.5 Å². The summed E-state index contributed by atoms with van der Waals surface area (Å²) in [6.45, 7) is 2.92. The Kier molecular flexibility index (Phi) is 4.07. The minimum atomic E-state index is -0.150. The SMILES string of the molecule is CN1CCC(CNC(=O)c2ccoc2Cl)CC1. The molecule has 0 saturated carbocycles. The number of furan rings is 1. The second kappa shape index (κ2) is 5.56. The van der Waals surface area contributed by atoms with Crippen molar-refractivity contribution in [2.24, 2.45) is 5.92 Å². The number of amides is 1. The average Bonchev–Trinajstić information content (AvgIpc) is 2.74. The quantitative estimate of drug-likeness (QED) is 0.900. The lowest BCUT2D eigenvalue weighted by Gasteiger charge is -2.28. The van der Waals surface area contributed by atoms with Crippen molar-refractivity contribution in [3.05, 3.63) is 23.1 Å². The molecule has 5 heteroatoms. The number of rotatable bonds is 3. The van der Waals surface area contributed by atoms with Crippen LogP contribution in [0.15, 0.2) is 16.7 Å². The fourth-order valence-corrected chi connectivity index (χ4v) is 2.25. The lowest BCUT2D eigenvalue weighted by atomic mass is 9.97. The van der Waals surface area contributed by atoms with Crippen LogP contribution in [0.2, 0.25) is 5.22 Å². The third kappa shape index (κ3) is 3.23. The summed E-state index contributed by atoms with van der Waals surface area (Å²) in [4.78, 5) is 14.1. The van der Waals surface area contributed by atoms with Crippen LogP contribution in [0.25, 0.3) is 0 Å². The van der Waals surface area contributed by atoms with Gasteiger partial charge in [-0.3, -0.25) is 4.79 Å². The number of carbonyl (C=O) groups excluding carboxylic acids is 1. The standard InChI is InChI=1S/C12H17ClN2O2/c1-15-5-2-9(3-6-15)8-14-12(16)10-4-7-17-11(10)13/h4,7,9H,2-3,5-6,8H2,1H3,(H,14,16). The smallest absolute Gasteiger partial charge is 0.256 e. The Morgan fingerprint density at radius 2 is 2.29 bits per heavy atom. The molecule has 0 radical (unpaired) electrons. The van der Waals surface area contributed by atoms with Gasteiger partial charge in [-0.25, -0.2) is 0 Å². The molecule has 2 rings (SSSR count). The Morgan fingerprint density at radius 1 is 1.59 bits per heavy atom. The predicted octanol–water partition coefficient (Wildman–Crippen LogP) is 2.00. The summed E-state index contributed by atoms with van der Waals surface area (Å²) >= 11 is 5.74. The summed E-state index contributed by atoms with van der Waals surface area (Å²) in [6, 6.07) is 1.59. The predicted molar refractivity (Wildman–Crippen MR) is 66.3 cm³/mol. The maximum absolute atomic E-state index is 11.8. The highest BCUT2D eigenvalue weighted by atomic mass is 35.5. The third-order valence-corrected chi connectivity index (χ3v) is 3.54. The first-order valence-electron chi connectivity index (χ1n) is 5.86. The number of nitrogens with one attached hydrogen (secondary N) is 1. The van der Waals surface area contributed by atoms with Gasteiger partial charge in [0.05, 0.1) is 11.8 Å². The molecule has 0 bridgehead atoms. The minimum Gasteiger partial charge on any atom is -0.452 e. The molecule has 0 atom stereocenters. The zero-order chi connectivity index (χ0) is 12.3.